The molecule has 1 fully saturated rings. The largest absolute Gasteiger partial charge is 0.494 e. The number of hydrogen-bond acceptors (Lipinski definition) is 4. The standard InChI is InChI=1S/C23H29IN2O4/c1-16-14-22(28)26(19-10-11-21(27)25-23(19)29)20-15-17(8-9-18(16)20)30-13-7-5-3-2-4-6-12-24/h8-9,14-15,19H,2-7,10-13H2,1H3,(H,25,27,29). The number of aryl methyl sites for hydroxylation is 1. The highest BCUT2D eigenvalue weighted by Crippen LogP contribution is 2.27. The molecule has 1 aliphatic heterocycles. The van der Waals surface area contributed by atoms with Gasteiger partial charge in [-0.1, -0.05) is 48.3 Å². The Labute approximate surface area is 190 Å². The van der Waals surface area contributed by atoms with E-state index in [0.717, 1.165) is 23.8 Å². The fourth-order valence-electron chi connectivity index (χ4n) is 3.93. The van der Waals surface area contributed by atoms with Gasteiger partial charge in [-0.3, -0.25) is 24.3 Å². The molecule has 3 rings (SSSR count). The Bertz CT molecular complexity index is 970. The molecule has 1 aromatic carbocycles. The molecule has 0 saturated carbocycles. The van der Waals surface area contributed by atoms with E-state index in [9.17, 15) is 14.4 Å². The van der Waals surface area contributed by atoms with Crippen LogP contribution in [-0.2, 0) is 9.59 Å². The number of aromatic nitrogens is 1. The Morgan fingerprint density at radius 1 is 1.07 bits per heavy atom. The molecule has 2 amide bonds. The van der Waals surface area contributed by atoms with Crippen LogP contribution >= 0.6 is 22.6 Å². The number of hydrogen-bond donors (Lipinski definition) is 1. The smallest absolute Gasteiger partial charge is 0.252 e. The summed E-state index contributed by atoms with van der Waals surface area (Å²) in [5.41, 5.74) is 1.29. The number of unbranched alkanes of at least 4 members (excludes halogenated alkanes) is 5. The van der Waals surface area contributed by atoms with Crippen LogP contribution in [0.15, 0.2) is 29.1 Å². The van der Waals surface area contributed by atoms with Crippen molar-refractivity contribution in [2.75, 3.05) is 11.0 Å². The number of nitrogens with one attached hydrogen (secondary N) is 1. The second-order valence-electron chi connectivity index (χ2n) is 7.84. The number of alkyl halides is 1. The van der Waals surface area contributed by atoms with E-state index in [1.807, 2.05) is 25.1 Å². The number of fused-ring (bicyclic) bond motifs is 1. The van der Waals surface area contributed by atoms with Gasteiger partial charge in [0.25, 0.3) is 5.56 Å². The maximum absolute atomic E-state index is 12.8. The number of halogens is 1. The first-order valence-corrected chi connectivity index (χ1v) is 12.2. The van der Waals surface area contributed by atoms with Gasteiger partial charge in [0, 0.05) is 23.9 Å². The maximum Gasteiger partial charge on any atom is 0.252 e. The van der Waals surface area contributed by atoms with E-state index < -0.39 is 11.9 Å². The average molecular weight is 524 g/mol. The van der Waals surface area contributed by atoms with Crippen molar-refractivity contribution in [2.45, 2.75) is 64.3 Å². The Hall–Kier alpha value is -1.90. The quantitative estimate of drug-likeness (QED) is 0.216. The lowest BCUT2D eigenvalue weighted by Crippen LogP contribution is -2.44. The van der Waals surface area contributed by atoms with E-state index in [1.165, 1.54) is 34.7 Å². The van der Waals surface area contributed by atoms with E-state index in [0.29, 0.717) is 24.3 Å². The van der Waals surface area contributed by atoms with Gasteiger partial charge in [-0.05, 0) is 48.3 Å². The third kappa shape index (κ3) is 5.62. The minimum Gasteiger partial charge on any atom is -0.494 e. The molecule has 1 unspecified atom stereocenters. The number of carbonyl (C=O) groups excluding carboxylic acids is 2. The molecular weight excluding hydrogens is 495 g/mol. The molecule has 1 atom stereocenters. The van der Waals surface area contributed by atoms with Crippen molar-refractivity contribution in [3.8, 4) is 5.75 Å². The molecule has 0 spiro atoms. The zero-order chi connectivity index (χ0) is 21.5. The summed E-state index contributed by atoms with van der Waals surface area (Å²) in [6, 6.07) is 6.55. The van der Waals surface area contributed by atoms with E-state index in [2.05, 4.69) is 27.9 Å². The van der Waals surface area contributed by atoms with Crippen LogP contribution in [0.4, 0.5) is 0 Å². The van der Waals surface area contributed by atoms with Crippen LogP contribution in [0.3, 0.4) is 0 Å². The van der Waals surface area contributed by atoms with Crippen LogP contribution < -0.4 is 15.6 Å². The fraction of sp³-hybridized carbons (Fsp3) is 0.522. The second-order valence-corrected chi connectivity index (χ2v) is 8.92. The summed E-state index contributed by atoms with van der Waals surface area (Å²) in [4.78, 5) is 36.7. The first-order valence-electron chi connectivity index (χ1n) is 10.7. The van der Waals surface area contributed by atoms with Crippen LogP contribution in [0, 0.1) is 6.92 Å². The Kier molecular flexibility index (Phi) is 8.30. The lowest BCUT2D eigenvalue weighted by atomic mass is 10.0. The Balaban J connectivity index is 1.73. The van der Waals surface area contributed by atoms with Gasteiger partial charge in [0.05, 0.1) is 12.1 Å². The van der Waals surface area contributed by atoms with E-state index in [1.54, 1.807) is 6.07 Å². The zero-order valence-electron chi connectivity index (χ0n) is 17.4. The number of rotatable bonds is 10. The molecule has 0 aliphatic carbocycles. The molecule has 1 aliphatic rings. The third-order valence-corrected chi connectivity index (χ3v) is 6.31. The van der Waals surface area contributed by atoms with Gasteiger partial charge in [0.1, 0.15) is 11.8 Å². The molecule has 30 heavy (non-hydrogen) atoms. The van der Waals surface area contributed by atoms with Crippen molar-refractivity contribution < 1.29 is 14.3 Å². The number of imide groups is 1. The lowest BCUT2D eigenvalue weighted by Gasteiger charge is -2.25. The van der Waals surface area contributed by atoms with Crippen molar-refractivity contribution in [1.29, 1.82) is 0 Å². The number of amides is 2. The van der Waals surface area contributed by atoms with Gasteiger partial charge in [-0.15, -0.1) is 0 Å². The molecule has 2 heterocycles. The summed E-state index contributed by atoms with van der Waals surface area (Å²) >= 11 is 2.42. The van der Waals surface area contributed by atoms with Crippen LogP contribution in [0.25, 0.3) is 10.9 Å². The van der Waals surface area contributed by atoms with Crippen molar-refractivity contribution in [2.24, 2.45) is 0 Å². The molecular formula is C23H29IN2O4. The van der Waals surface area contributed by atoms with Gasteiger partial charge < -0.3 is 4.74 Å². The summed E-state index contributed by atoms with van der Waals surface area (Å²) in [7, 11) is 0. The van der Waals surface area contributed by atoms with Gasteiger partial charge in [-0.25, -0.2) is 0 Å². The molecule has 1 N–H and O–H groups in total. The van der Waals surface area contributed by atoms with Crippen molar-refractivity contribution >= 4 is 45.3 Å². The average Bonchev–Trinajstić information content (AvgIpc) is 2.71. The number of benzene rings is 1. The highest BCUT2D eigenvalue weighted by atomic mass is 127. The summed E-state index contributed by atoms with van der Waals surface area (Å²) in [5.74, 6) is -0.0233. The number of piperidine rings is 1. The molecule has 6 nitrogen and oxygen atoms in total. The van der Waals surface area contributed by atoms with E-state index in [4.69, 9.17) is 4.74 Å². The molecule has 7 heteroatoms. The topological polar surface area (TPSA) is 77.4 Å². The number of ether oxygens (including phenoxy) is 1. The SMILES string of the molecule is Cc1cc(=O)n(C2CCC(=O)NC2=O)c2cc(OCCCCCCCCI)ccc12. The van der Waals surface area contributed by atoms with Crippen LogP contribution in [0.2, 0.25) is 0 Å². The zero-order valence-corrected chi connectivity index (χ0v) is 19.6. The van der Waals surface area contributed by atoms with E-state index >= 15 is 0 Å². The molecule has 0 radical (unpaired) electrons. The molecule has 0 bridgehead atoms. The van der Waals surface area contributed by atoms with Crippen molar-refractivity contribution in [1.82, 2.24) is 9.88 Å². The first kappa shape index (κ1) is 22.8. The fourth-order valence-corrected chi connectivity index (χ4v) is 4.47. The monoisotopic (exact) mass is 524 g/mol. The minimum atomic E-state index is -0.684. The highest BCUT2D eigenvalue weighted by Gasteiger charge is 2.30. The number of pyridine rings is 1. The Morgan fingerprint density at radius 2 is 1.80 bits per heavy atom. The predicted octanol–water partition coefficient (Wildman–Crippen LogP) is 4.44. The summed E-state index contributed by atoms with van der Waals surface area (Å²) in [6.45, 7) is 2.52. The Morgan fingerprint density at radius 3 is 2.53 bits per heavy atom. The summed E-state index contributed by atoms with van der Waals surface area (Å²) < 4.78 is 8.67. The summed E-state index contributed by atoms with van der Waals surface area (Å²) in [5, 5.41) is 3.25. The van der Waals surface area contributed by atoms with Crippen LogP contribution in [0.1, 0.15) is 63.0 Å². The number of nitrogens with zero attached hydrogens (tertiary/aromatic N) is 1. The maximum atomic E-state index is 12.8. The van der Waals surface area contributed by atoms with Crippen LogP contribution in [0.5, 0.6) is 5.75 Å². The van der Waals surface area contributed by atoms with Crippen molar-refractivity contribution in [3.63, 3.8) is 0 Å². The lowest BCUT2D eigenvalue weighted by molar-refractivity contribution is -0.135. The third-order valence-electron chi connectivity index (χ3n) is 5.55. The van der Waals surface area contributed by atoms with Gasteiger partial charge in [0.15, 0.2) is 0 Å². The highest BCUT2D eigenvalue weighted by molar-refractivity contribution is 14.1. The normalized spacial score (nSPS) is 16.7. The molecule has 1 aromatic heterocycles. The molecule has 2 aromatic rings. The van der Waals surface area contributed by atoms with Gasteiger partial charge in [-0.2, -0.15) is 0 Å². The first-order chi connectivity index (χ1) is 14.5. The second kappa shape index (κ2) is 10.9. The van der Waals surface area contributed by atoms with Crippen LogP contribution in [-0.4, -0.2) is 27.4 Å². The predicted molar refractivity (Wildman–Crippen MR) is 126 cm³/mol. The van der Waals surface area contributed by atoms with E-state index in [-0.39, 0.29) is 17.9 Å². The molecule has 1 saturated heterocycles. The van der Waals surface area contributed by atoms with Gasteiger partial charge in [0.2, 0.25) is 11.8 Å². The van der Waals surface area contributed by atoms with Gasteiger partial charge >= 0.3 is 0 Å². The minimum absolute atomic E-state index is 0.228. The summed E-state index contributed by atoms with van der Waals surface area (Å²) in [6.07, 6.45) is 7.79. The molecule has 162 valence electrons. The van der Waals surface area contributed by atoms with Crippen molar-refractivity contribution in [3.05, 3.63) is 40.2 Å². The number of carbonyl (C=O) groups is 2.